The molecule has 14 atom stereocenters. The van der Waals surface area contributed by atoms with Gasteiger partial charge >= 0.3 is 0 Å². The molecule has 0 aromatic carbocycles. The summed E-state index contributed by atoms with van der Waals surface area (Å²) in [6.45, 7) is 0. The number of rotatable bonds is 0. The highest BCUT2D eigenvalue weighted by molar-refractivity contribution is 7.81. The second-order valence-corrected chi connectivity index (χ2v) is 13.3. The third kappa shape index (κ3) is 0.867. The van der Waals surface area contributed by atoms with Crippen LogP contribution in [0.1, 0.15) is 51.4 Å². The van der Waals surface area contributed by atoms with Crippen molar-refractivity contribution in [2.24, 2.45) is 75.9 Å². The van der Waals surface area contributed by atoms with Crippen LogP contribution in [0.3, 0.4) is 0 Å². The zero-order chi connectivity index (χ0) is 14.5. The number of thiol groups is 1. The molecule has 0 saturated heterocycles. The summed E-state index contributed by atoms with van der Waals surface area (Å²) in [5.74, 6) is 13.0. The van der Waals surface area contributed by atoms with Crippen molar-refractivity contribution in [1.82, 2.24) is 0 Å². The quantitative estimate of drug-likeness (QED) is 0.616. The van der Waals surface area contributed by atoms with E-state index in [1.165, 1.54) is 66.1 Å². The molecule has 0 N–H and O–H groups in total. The van der Waals surface area contributed by atoms with E-state index in [1.54, 1.807) is 38.5 Å². The first kappa shape index (κ1) is 11.9. The molecular formula is C22H28S. The molecule has 6 unspecified atom stereocenters. The number of hydrogen-bond acceptors (Lipinski definition) is 1. The van der Waals surface area contributed by atoms with Crippen molar-refractivity contribution < 1.29 is 0 Å². The molecule has 13 rings (SSSR count). The average Bonchev–Trinajstić information content (AvgIpc) is 2.51. The van der Waals surface area contributed by atoms with Gasteiger partial charge < -0.3 is 0 Å². The van der Waals surface area contributed by atoms with Crippen molar-refractivity contribution in [1.29, 1.82) is 0 Å². The van der Waals surface area contributed by atoms with Gasteiger partial charge in [0, 0.05) is 4.75 Å². The molecule has 2 spiro atoms. The van der Waals surface area contributed by atoms with Crippen molar-refractivity contribution in [3.8, 4) is 0 Å². The molecule has 122 valence electrons. The Balaban J connectivity index is 1.41. The van der Waals surface area contributed by atoms with Crippen LogP contribution in [0.25, 0.3) is 0 Å². The lowest BCUT2D eigenvalue weighted by Gasteiger charge is -2.92. The Labute approximate surface area is 145 Å². The Bertz CT molecular complexity index is 654. The van der Waals surface area contributed by atoms with E-state index in [0.717, 1.165) is 22.7 Å². The van der Waals surface area contributed by atoms with Crippen LogP contribution in [0.2, 0.25) is 0 Å². The van der Waals surface area contributed by atoms with E-state index in [9.17, 15) is 0 Å². The molecule has 13 saturated carbocycles. The minimum absolute atomic E-state index is 0.478. The van der Waals surface area contributed by atoms with Crippen molar-refractivity contribution in [2.45, 2.75) is 56.1 Å². The first-order valence-corrected chi connectivity index (χ1v) is 11.3. The molecule has 0 nitrogen and oxygen atoms in total. The Hall–Kier alpha value is 0.350. The summed E-state index contributed by atoms with van der Waals surface area (Å²) in [5, 5.41) is 0. The lowest BCUT2D eigenvalue weighted by molar-refractivity contribution is -0.428. The van der Waals surface area contributed by atoms with Crippen molar-refractivity contribution in [3.05, 3.63) is 0 Å². The third-order valence-electron chi connectivity index (χ3n) is 12.5. The molecule has 13 aliphatic carbocycles. The zero-order valence-corrected chi connectivity index (χ0v) is 14.8. The summed E-state index contributed by atoms with van der Waals surface area (Å²) in [5.41, 5.74) is 1.73. The fourth-order valence-electron chi connectivity index (χ4n) is 13.5. The van der Waals surface area contributed by atoms with E-state index in [0.29, 0.717) is 4.75 Å². The van der Waals surface area contributed by atoms with Gasteiger partial charge in [-0.05, 0) is 127 Å². The van der Waals surface area contributed by atoms with Gasteiger partial charge in [-0.1, -0.05) is 0 Å². The van der Waals surface area contributed by atoms with Crippen LogP contribution in [-0.2, 0) is 0 Å². The fraction of sp³-hybridized carbons (Fsp3) is 1.00. The van der Waals surface area contributed by atoms with Gasteiger partial charge in [0.2, 0.25) is 0 Å². The molecule has 14 bridgehead atoms. The highest BCUT2D eigenvalue weighted by Crippen LogP contribution is 2.93. The van der Waals surface area contributed by atoms with Crippen LogP contribution < -0.4 is 0 Å². The molecule has 0 aromatic heterocycles. The van der Waals surface area contributed by atoms with E-state index in [1.807, 2.05) is 0 Å². The Kier molecular flexibility index (Phi) is 1.49. The maximum Gasteiger partial charge on any atom is 0.0141 e. The van der Waals surface area contributed by atoms with Gasteiger partial charge in [0.25, 0.3) is 0 Å². The van der Waals surface area contributed by atoms with Crippen LogP contribution in [0.4, 0.5) is 0 Å². The Morgan fingerprint density at radius 2 is 1.13 bits per heavy atom. The van der Waals surface area contributed by atoms with E-state index in [-0.39, 0.29) is 0 Å². The molecule has 0 radical (unpaired) electrons. The zero-order valence-electron chi connectivity index (χ0n) is 14.0. The van der Waals surface area contributed by atoms with Gasteiger partial charge in [-0.15, -0.1) is 0 Å². The SMILES string of the molecule is SC12C[C@@H]3C4CC56CC7C[C@@H]8C9CC(C1)([C@@H]3[C@H]5[C@H]9C7)[C@@H]([C@H]86)[C@H]4C2. The summed E-state index contributed by atoms with van der Waals surface area (Å²) < 4.78 is 0.478. The first-order chi connectivity index (χ1) is 11.1. The summed E-state index contributed by atoms with van der Waals surface area (Å²) >= 11 is 5.37. The highest BCUT2D eigenvalue weighted by Gasteiger charge is 2.87. The summed E-state index contributed by atoms with van der Waals surface area (Å²) in [4.78, 5) is 0. The lowest BCUT2D eigenvalue weighted by atomic mass is 9.13. The van der Waals surface area contributed by atoms with E-state index >= 15 is 0 Å². The van der Waals surface area contributed by atoms with Gasteiger partial charge in [-0.2, -0.15) is 12.6 Å². The number of hydrogen-bond donors (Lipinski definition) is 1. The fourth-order valence-corrected chi connectivity index (χ4v) is 14.2. The van der Waals surface area contributed by atoms with Crippen molar-refractivity contribution in [3.63, 3.8) is 0 Å². The third-order valence-corrected chi connectivity index (χ3v) is 13.0. The van der Waals surface area contributed by atoms with Crippen molar-refractivity contribution in [2.75, 3.05) is 0 Å². The van der Waals surface area contributed by atoms with Gasteiger partial charge in [0.05, 0.1) is 0 Å². The van der Waals surface area contributed by atoms with E-state index in [4.69, 9.17) is 12.6 Å². The molecule has 0 aliphatic heterocycles. The van der Waals surface area contributed by atoms with Crippen LogP contribution in [0.5, 0.6) is 0 Å². The van der Waals surface area contributed by atoms with Gasteiger partial charge in [0.15, 0.2) is 0 Å². The second kappa shape index (κ2) is 2.89. The lowest BCUT2D eigenvalue weighted by Crippen LogP contribution is -2.86. The molecule has 13 aliphatic rings. The standard InChI is InChI=1S/C22H28S/c23-20-4-14-13-6-21-3-9-1-10-12-7-22(8-20,18(14)16(10)21)19(15(13)5-20)17(21)11(12)2-9/h9-19,23H,1-8H2/t9?,10-,11+,12?,13?,14+,15-,16+,17-,18-,19+,20?,21?,22?. The largest absolute Gasteiger partial charge is 0.172 e. The van der Waals surface area contributed by atoms with Crippen molar-refractivity contribution >= 4 is 12.6 Å². The molecule has 0 heterocycles. The predicted molar refractivity (Wildman–Crippen MR) is 91.9 cm³/mol. The Morgan fingerprint density at radius 1 is 0.565 bits per heavy atom. The maximum atomic E-state index is 5.37. The van der Waals surface area contributed by atoms with E-state index < -0.39 is 0 Å². The molecule has 0 aromatic rings. The summed E-state index contributed by atoms with van der Waals surface area (Å²) in [6.07, 6.45) is 13.1. The molecular weight excluding hydrogens is 296 g/mol. The highest BCUT2D eigenvalue weighted by atomic mass is 32.1. The normalized spacial score (nSPS) is 85.2. The monoisotopic (exact) mass is 324 g/mol. The summed E-state index contributed by atoms with van der Waals surface area (Å²) in [6, 6.07) is 0. The molecule has 13 fully saturated rings. The molecule has 0 amide bonds. The van der Waals surface area contributed by atoms with Gasteiger partial charge in [-0.25, -0.2) is 0 Å². The minimum atomic E-state index is 0.478. The van der Waals surface area contributed by atoms with Crippen LogP contribution in [-0.4, -0.2) is 4.75 Å². The summed E-state index contributed by atoms with van der Waals surface area (Å²) in [7, 11) is 0. The smallest absolute Gasteiger partial charge is 0.0141 e. The maximum absolute atomic E-state index is 5.37. The second-order valence-electron chi connectivity index (χ2n) is 12.3. The van der Waals surface area contributed by atoms with Crippen LogP contribution >= 0.6 is 12.6 Å². The minimum Gasteiger partial charge on any atom is -0.172 e. The van der Waals surface area contributed by atoms with Crippen LogP contribution in [0, 0.1) is 75.9 Å². The van der Waals surface area contributed by atoms with E-state index in [2.05, 4.69) is 0 Å². The average molecular weight is 325 g/mol. The van der Waals surface area contributed by atoms with Gasteiger partial charge in [-0.3, -0.25) is 0 Å². The van der Waals surface area contributed by atoms with Crippen LogP contribution in [0.15, 0.2) is 0 Å². The molecule has 1 heteroatoms. The first-order valence-electron chi connectivity index (χ1n) is 10.9. The predicted octanol–water partition coefficient (Wildman–Crippen LogP) is 4.65. The molecule has 23 heavy (non-hydrogen) atoms. The topological polar surface area (TPSA) is 0 Å². The van der Waals surface area contributed by atoms with Gasteiger partial charge in [0.1, 0.15) is 0 Å². The Morgan fingerprint density at radius 3 is 1.83 bits per heavy atom.